The molecule has 2 aromatic carbocycles. The van der Waals surface area contributed by atoms with Crippen LogP contribution in [-0.4, -0.2) is 34.8 Å². The maximum Gasteiger partial charge on any atom is 0.270 e. The van der Waals surface area contributed by atoms with Crippen molar-refractivity contribution in [2.45, 2.75) is 53.2 Å². The number of aromatic nitrogens is 1. The number of ether oxygens (including phenoxy) is 1. The van der Waals surface area contributed by atoms with E-state index in [4.69, 9.17) is 4.74 Å². The molecule has 0 spiro atoms. The summed E-state index contributed by atoms with van der Waals surface area (Å²) in [6.07, 6.45) is 1.30. The van der Waals surface area contributed by atoms with Gasteiger partial charge < -0.3 is 15.0 Å². The van der Waals surface area contributed by atoms with Gasteiger partial charge in [0.15, 0.2) is 0 Å². The molecular weight excluding hydrogens is 458 g/mol. The molecule has 0 aliphatic carbocycles. The van der Waals surface area contributed by atoms with Gasteiger partial charge in [-0.2, -0.15) is 0 Å². The summed E-state index contributed by atoms with van der Waals surface area (Å²) in [5, 5.41) is 5.41. The number of carbonyl (C=O) groups is 2. The van der Waals surface area contributed by atoms with Gasteiger partial charge in [-0.25, -0.2) is 4.98 Å². The van der Waals surface area contributed by atoms with Crippen molar-refractivity contribution in [1.29, 1.82) is 0 Å². The normalized spacial score (nSPS) is 15.1. The molecular formula is C28H33N3O3S. The molecule has 7 heteroatoms. The van der Waals surface area contributed by atoms with E-state index in [1.54, 1.807) is 5.38 Å². The molecule has 4 rings (SSSR count). The predicted molar refractivity (Wildman–Crippen MR) is 139 cm³/mol. The second kappa shape index (κ2) is 11.0. The quantitative estimate of drug-likeness (QED) is 0.464. The second-order valence-corrected chi connectivity index (χ2v) is 10.3. The van der Waals surface area contributed by atoms with Gasteiger partial charge in [0, 0.05) is 24.9 Å². The summed E-state index contributed by atoms with van der Waals surface area (Å²) in [6.45, 7) is 9.70. The SMILES string of the molecule is CCC(=O)N1CCc2ccc(OCc3nc(C(=O)NCC(C)C)cs3)cc2[C@@H]1c1ccc(C)cc1. The van der Waals surface area contributed by atoms with Crippen molar-refractivity contribution in [3.63, 3.8) is 0 Å². The molecule has 1 aliphatic heterocycles. The number of benzene rings is 2. The zero-order valence-electron chi connectivity index (χ0n) is 20.8. The lowest BCUT2D eigenvalue weighted by atomic mass is 9.87. The molecule has 6 nitrogen and oxygen atoms in total. The Hall–Kier alpha value is -3.19. The van der Waals surface area contributed by atoms with Crippen molar-refractivity contribution in [3.8, 4) is 5.75 Å². The molecule has 1 N–H and O–H groups in total. The maximum atomic E-state index is 12.8. The van der Waals surface area contributed by atoms with E-state index < -0.39 is 0 Å². The van der Waals surface area contributed by atoms with Gasteiger partial charge in [-0.15, -0.1) is 11.3 Å². The molecule has 2 amide bonds. The molecule has 2 heterocycles. The molecule has 0 unspecified atom stereocenters. The number of amides is 2. The Morgan fingerprint density at radius 1 is 1.20 bits per heavy atom. The summed E-state index contributed by atoms with van der Waals surface area (Å²) in [5.41, 5.74) is 5.06. The molecule has 0 bridgehead atoms. The first-order chi connectivity index (χ1) is 16.9. The van der Waals surface area contributed by atoms with E-state index >= 15 is 0 Å². The predicted octanol–water partition coefficient (Wildman–Crippen LogP) is 5.30. The van der Waals surface area contributed by atoms with Crippen molar-refractivity contribution < 1.29 is 14.3 Å². The Morgan fingerprint density at radius 3 is 2.69 bits per heavy atom. The van der Waals surface area contributed by atoms with Gasteiger partial charge >= 0.3 is 0 Å². The smallest absolute Gasteiger partial charge is 0.270 e. The summed E-state index contributed by atoms with van der Waals surface area (Å²) in [4.78, 5) is 31.5. The Morgan fingerprint density at radius 2 is 1.97 bits per heavy atom. The topological polar surface area (TPSA) is 71.5 Å². The van der Waals surface area contributed by atoms with Crippen LogP contribution in [0.15, 0.2) is 47.8 Å². The number of nitrogens with zero attached hydrogens (tertiary/aromatic N) is 2. The van der Waals surface area contributed by atoms with Crippen LogP contribution >= 0.6 is 11.3 Å². The number of aryl methyl sites for hydroxylation is 1. The second-order valence-electron chi connectivity index (χ2n) is 9.38. The van der Waals surface area contributed by atoms with E-state index in [-0.39, 0.29) is 24.5 Å². The van der Waals surface area contributed by atoms with Gasteiger partial charge in [-0.1, -0.05) is 56.7 Å². The molecule has 0 saturated heterocycles. The molecule has 184 valence electrons. The first-order valence-electron chi connectivity index (χ1n) is 12.2. The van der Waals surface area contributed by atoms with Crippen molar-refractivity contribution in [2.24, 2.45) is 5.92 Å². The fourth-order valence-electron chi connectivity index (χ4n) is 4.28. The lowest BCUT2D eigenvalue weighted by molar-refractivity contribution is -0.132. The van der Waals surface area contributed by atoms with Gasteiger partial charge in [0.2, 0.25) is 5.91 Å². The zero-order valence-corrected chi connectivity index (χ0v) is 21.7. The molecule has 35 heavy (non-hydrogen) atoms. The summed E-state index contributed by atoms with van der Waals surface area (Å²) in [5.74, 6) is 1.11. The van der Waals surface area contributed by atoms with Gasteiger partial charge in [0.25, 0.3) is 5.91 Å². The van der Waals surface area contributed by atoms with Crippen LogP contribution in [-0.2, 0) is 17.8 Å². The minimum absolute atomic E-state index is 0.133. The average molecular weight is 492 g/mol. The van der Waals surface area contributed by atoms with E-state index in [9.17, 15) is 9.59 Å². The monoisotopic (exact) mass is 491 g/mol. The fourth-order valence-corrected chi connectivity index (χ4v) is 4.96. The van der Waals surface area contributed by atoms with Crippen LogP contribution < -0.4 is 10.1 Å². The third-order valence-corrected chi connectivity index (χ3v) is 7.00. The number of hydrogen-bond acceptors (Lipinski definition) is 5. The standard InChI is InChI=1S/C28H33N3O3S/c1-5-26(32)31-13-12-20-10-11-22(14-23(20)27(31)21-8-6-19(4)7-9-21)34-16-25-30-24(17-35-25)28(33)29-15-18(2)3/h6-11,14,17-18,27H,5,12-13,15-16H2,1-4H3,(H,29,33)/t27-/m0/s1. The largest absolute Gasteiger partial charge is 0.486 e. The highest BCUT2D eigenvalue weighted by Gasteiger charge is 2.31. The molecule has 1 aliphatic rings. The van der Waals surface area contributed by atoms with E-state index in [2.05, 4.69) is 67.5 Å². The fraction of sp³-hybridized carbons (Fsp3) is 0.393. The highest BCUT2D eigenvalue weighted by Crippen LogP contribution is 2.37. The van der Waals surface area contributed by atoms with Gasteiger partial charge in [-0.05, 0) is 48.1 Å². The van der Waals surface area contributed by atoms with Crippen LogP contribution in [0.5, 0.6) is 5.75 Å². The van der Waals surface area contributed by atoms with Crippen LogP contribution in [0.4, 0.5) is 0 Å². The Kier molecular flexibility index (Phi) is 7.86. The van der Waals surface area contributed by atoms with Gasteiger partial charge in [0.1, 0.15) is 23.1 Å². The van der Waals surface area contributed by atoms with Gasteiger partial charge in [-0.3, -0.25) is 9.59 Å². The Bertz CT molecular complexity index is 1190. The van der Waals surface area contributed by atoms with Crippen LogP contribution in [0.25, 0.3) is 0 Å². The highest BCUT2D eigenvalue weighted by molar-refractivity contribution is 7.09. The van der Waals surface area contributed by atoms with Crippen LogP contribution in [0, 0.1) is 12.8 Å². The first kappa shape index (κ1) is 24.9. The molecule has 3 aromatic rings. The number of fused-ring (bicyclic) bond motifs is 1. The average Bonchev–Trinajstić information content (AvgIpc) is 3.34. The molecule has 1 aromatic heterocycles. The summed E-state index contributed by atoms with van der Waals surface area (Å²) in [6, 6.07) is 14.4. The molecule has 0 fully saturated rings. The van der Waals surface area contributed by atoms with Gasteiger partial charge in [0.05, 0.1) is 6.04 Å². The zero-order chi connectivity index (χ0) is 24.9. The number of carbonyl (C=O) groups excluding carboxylic acids is 2. The number of rotatable bonds is 8. The van der Waals surface area contributed by atoms with Crippen LogP contribution in [0.3, 0.4) is 0 Å². The minimum atomic E-state index is -0.156. The third-order valence-electron chi connectivity index (χ3n) is 6.18. The van der Waals surface area contributed by atoms with Crippen LogP contribution in [0.1, 0.15) is 71.0 Å². The van der Waals surface area contributed by atoms with Crippen molar-refractivity contribution in [2.75, 3.05) is 13.1 Å². The van der Waals surface area contributed by atoms with E-state index in [0.29, 0.717) is 31.1 Å². The van der Waals surface area contributed by atoms with Crippen molar-refractivity contribution >= 4 is 23.2 Å². The van der Waals surface area contributed by atoms with Crippen molar-refractivity contribution in [1.82, 2.24) is 15.2 Å². The molecule has 0 radical (unpaired) electrons. The Balaban J connectivity index is 1.53. The Labute approximate surface area is 211 Å². The van der Waals surface area contributed by atoms with E-state index in [0.717, 1.165) is 28.3 Å². The van der Waals surface area contributed by atoms with Crippen molar-refractivity contribution in [3.05, 3.63) is 80.8 Å². The van der Waals surface area contributed by atoms with E-state index in [1.807, 2.05) is 17.9 Å². The van der Waals surface area contributed by atoms with E-state index in [1.165, 1.54) is 22.5 Å². The minimum Gasteiger partial charge on any atom is -0.486 e. The molecule has 1 atom stereocenters. The number of nitrogens with one attached hydrogen (secondary N) is 1. The third kappa shape index (κ3) is 5.90. The maximum absolute atomic E-state index is 12.8. The van der Waals surface area contributed by atoms with Crippen LogP contribution in [0.2, 0.25) is 0 Å². The number of hydrogen-bond donors (Lipinski definition) is 1. The molecule has 0 saturated carbocycles. The summed E-state index contributed by atoms with van der Waals surface area (Å²) in [7, 11) is 0. The summed E-state index contributed by atoms with van der Waals surface area (Å²) >= 11 is 1.42. The lowest BCUT2D eigenvalue weighted by Crippen LogP contribution is -2.40. The highest BCUT2D eigenvalue weighted by atomic mass is 32.1. The first-order valence-corrected chi connectivity index (χ1v) is 13.1. The summed E-state index contributed by atoms with van der Waals surface area (Å²) < 4.78 is 6.09. The number of thiazole rings is 1. The lowest BCUT2D eigenvalue weighted by Gasteiger charge is -2.38.